The Morgan fingerprint density at radius 3 is 2.51 bits per heavy atom. The molecule has 2 fully saturated rings. The number of aromatic amines is 1. The predicted molar refractivity (Wildman–Crippen MR) is 137 cm³/mol. The van der Waals surface area contributed by atoms with Crippen LogP contribution >= 0.6 is 0 Å². The van der Waals surface area contributed by atoms with Gasteiger partial charge in [0.1, 0.15) is 11.3 Å². The molecule has 37 heavy (non-hydrogen) atoms. The molecular formula is C29H25N3O5. The highest BCUT2D eigenvalue weighted by atomic mass is 16.4. The summed E-state index contributed by atoms with van der Waals surface area (Å²) < 4.78 is 0. The molecule has 1 aromatic heterocycles. The third-order valence-electron chi connectivity index (χ3n) is 7.71. The average Bonchev–Trinajstić information content (AvgIpc) is 3.52. The summed E-state index contributed by atoms with van der Waals surface area (Å²) in [4.78, 5) is 45.3. The Morgan fingerprint density at radius 2 is 1.76 bits per heavy atom. The highest BCUT2D eigenvalue weighted by Gasteiger charge is 2.69. The molecule has 0 radical (unpaired) electrons. The molecule has 3 aromatic carbocycles. The number of aromatic nitrogens is 1. The number of fused-ring (bicyclic) bond motifs is 2. The van der Waals surface area contributed by atoms with Crippen molar-refractivity contribution in [2.75, 3.05) is 4.90 Å². The summed E-state index contributed by atoms with van der Waals surface area (Å²) in [6.45, 7) is 1.86. The van der Waals surface area contributed by atoms with E-state index in [2.05, 4.69) is 10.3 Å². The number of aryl methyl sites for hydroxylation is 1. The first kappa shape index (κ1) is 23.0. The fourth-order valence-corrected chi connectivity index (χ4v) is 6.06. The van der Waals surface area contributed by atoms with Crippen molar-refractivity contribution < 1.29 is 24.6 Å². The topological polar surface area (TPSA) is 123 Å². The number of carbonyl (C=O) groups excluding carboxylic acids is 2. The maximum Gasteiger partial charge on any atom is 0.325 e. The Hall–Kier alpha value is -4.43. The lowest BCUT2D eigenvalue weighted by atomic mass is 9.76. The lowest BCUT2D eigenvalue weighted by Crippen LogP contribution is -2.57. The molecule has 3 heterocycles. The Kier molecular flexibility index (Phi) is 5.17. The number of hydrogen-bond donors (Lipinski definition) is 4. The summed E-state index contributed by atoms with van der Waals surface area (Å²) in [7, 11) is 0. The Balaban J connectivity index is 1.53. The molecule has 2 aliphatic rings. The van der Waals surface area contributed by atoms with Crippen molar-refractivity contribution in [2.45, 2.75) is 24.9 Å². The van der Waals surface area contributed by atoms with Gasteiger partial charge in [0.25, 0.3) is 0 Å². The van der Waals surface area contributed by atoms with Crippen LogP contribution in [0.2, 0.25) is 0 Å². The predicted octanol–water partition coefficient (Wildman–Crippen LogP) is 3.70. The Labute approximate surface area is 212 Å². The van der Waals surface area contributed by atoms with E-state index in [9.17, 15) is 24.6 Å². The van der Waals surface area contributed by atoms with Gasteiger partial charge in [-0.1, -0.05) is 48.5 Å². The van der Waals surface area contributed by atoms with E-state index in [1.807, 2.05) is 37.3 Å². The zero-order chi connectivity index (χ0) is 25.9. The van der Waals surface area contributed by atoms with Crippen LogP contribution < -0.4 is 10.2 Å². The van der Waals surface area contributed by atoms with E-state index in [0.717, 1.165) is 26.9 Å². The molecule has 2 amide bonds. The standard InChI is InChI=1S/C29H25N3O5/c1-16-7-6-8-18(13-16)32-26(34)23-24(27(32)35)29(28(36)37,31-25(23)20-10-3-5-12-22(20)33)14-17-15-30-21-11-4-2-9-19(17)21/h2-13,15,23-25,30-31,33H,14H2,1H3,(H,36,37)/t23-,24+,25+,29-/m0/s1. The first-order valence-corrected chi connectivity index (χ1v) is 12.1. The highest BCUT2D eigenvalue weighted by Crippen LogP contribution is 2.52. The van der Waals surface area contributed by atoms with E-state index >= 15 is 0 Å². The second kappa shape index (κ2) is 8.31. The number of rotatable bonds is 5. The lowest BCUT2D eigenvalue weighted by molar-refractivity contribution is -0.148. The van der Waals surface area contributed by atoms with Crippen molar-refractivity contribution in [1.29, 1.82) is 0 Å². The van der Waals surface area contributed by atoms with Crippen LogP contribution in [0, 0.1) is 18.8 Å². The number of benzene rings is 3. The van der Waals surface area contributed by atoms with Crippen molar-refractivity contribution in [1.82, 2.24) is 10.3 Å². The van der Waals surface area contributed by atoms with Crippen LogP contribution in [-0.4, -0.2) is 38.5 Å². The monoisotopic (exact) mass is 495 g/mol. The number of nitrogens with zero attached hydrogens (tertiary/aromatic N) is 1. The number of carboxylic acids is 1. The summed E-state index contributed by atoms with van der Waals surface area (Å²) in [5, 5.41) is 25.4. The lowest BCUT2D eigenvalue weighted by Gasteiger charge is -2.31. The molecule has 0 bridgehead atoms. The number of H-pyrrole nitrogens is 1. The molecule has 4 atom stereocenters. The fraction of sp³-hybridized carbons (Fsp3) is 0.207. The highest BCUT2D eigenvalue weighted by molar-refractivity contribution is 6.24. The summed E-state index contributed by atoms with van der Waals surface area (Å²) in [6.07, 6.45) is 1.72. The molecule has 4 N–H and O–H groups in total. The van der Waals surface area contributed by atoms with Gasteiger partial charge in [-0.05, 0) is 42.3 Å². The van der Waals surface area contributed by atoms with Gasteiger partial charge in [0.05, 0.1) is 17.5 Å². The average molecular weight is 496 g/mol. The second-order valence-corrected chi connectivity index (χ2v) is 9.85. The smallest absolute Gasteiger partial charge is 0.325 e. The first-order valence-electron chi connectivity index (χ1n) is 12.1. The van der Waals surface area contributed by atoms with Gasteiger partial charge in [-0.3, -0.25) is 19.7 Å². The van der Waals surface area contributed by atoms with Gasteiger partial charge >= 0.3 is 5.97 Å². The number of amides is 2. The van der Waals surface area contributed by atoms with Gasteiger partial charge in [-0.25, -0.2) is 4.90 Å². The minimum Gasteiger partial charge on any atom is -0.508 e. The normalized spacial score (nSPS) is 25.1. The number of aliphatic carboxylic acids is 1. The second-order valence-electron chi connectivity index (χ2n) is 9.85. The van der Waals surface area contributed by atoms with Crippen LogP contribution in [0.25, 0.3) is 10.9 Å². The number of hydrogen-bond acceptors (Lipinski definition) is 5. The fourth-order valence-electron chi connectivity index (χ4n) is 6.06. The summed E-state index contributed by atoms with van der Waals surface area (Å²) >= 11 is 0. The number of imide groups is 1. The Bertz CT molecular complexity index is 1580. The van der Waals surface area contributed by atoms with Crippen molar-refractivity contribution in [3.63, 3.8) is 0 Å². The van der Waals surface area contributed by atoms with Gasteiger partial charge < -0.3 is 15.2 Å². The number of aromatic hydroxyl groups is 1. The number of phenolic OH excluding ortho intramolecular Hbond substituents is 1. The summed E-state index contributed by atoms with van der Waals surface area (Å²) in [6, 6.07) is 20.2. The zero-order valence-corrected chi connectivity index (χ0v) is 20.0. The van der Waals surface area contributed by atoms with Crippen LogP contribution in [0.1, 0.15) is 22.7 Å². The first-order chi connectivity index (χ1) is 17.8. The zero-order valence-electron chi connectivity index (χ0n) is 20.0. The summed E-state index contributed by atoms with van der Waals surface area (Å²) in [5.74, 6) is -4.53. The molecule has 0 aliphatic carbocycles. The Morgan fingerprint density at radius 1 is 1.00 bits per heavy atom. The van der Waals surface area contributed by atoms with Crippen LogP contribution in [0.4, 0.5) is 5.69 Å². The number of carbonyl (C=O) groups is 3. The van der Waals surface area contributed by atoms with Crippen molar-refractivity contribution in [3.05, 3.63) is 95.7 Å². The number of carboxylic acid groups (broad SMARTS) is 1. The van der Waals surface area contributed by atoms with E-state index in [1.165, 1.54) is 6.07 Å². The maximum atomic E-state index is 14.0. The van der Waals surface area contributed by atoms with Crippen LogP contribution in [0.5, 0.6) is 5.75 Å². The minimum atomic E-state index is -1.78. The quantitative estimate of drug-likeness (QED) is 0.313. The van der Waals surface area contributed by atoms with Gasteiger partial charge in [0, 0.05) is 35.1 Å². The minimum absolute atomic E-state index is 0.0295. The number of anilines is 1. The molecule has 0 unspecified atom stereocenters. The number of para-hydroxylation sites is 2. The van der Waals surface area contributed by atoms with Gasteiger partial charge in [0.15, 0.2) is 0 Å². The van der Waals surface area contributed by atoms with Crippen LogP contribution in [0.3, 0.4) is 0 Å². The molecule has 186 valence electrons. The maximum absolute atomic E-state index is 14.0. The molecule has 0 saturated carbocycles. The van der Waals surface area contributed by atoms with E-state index in [4.69, 9.17) is 0 Å². The number of phenols is 1. The van der Waals surface area contributed by atoms with Crippen molar-refractivity contribution in [3.8, 4) is 5.75 Å². The molecule has 8 nitrogen and oxygen atoms in total. The molecule has 4 aromatic rings. The molecule has 2 aliphatic heterocycles. The van der Waals surface area contributed by atoms with Gasteiger partial charge in [-0.2, -0.15) is 0 Å². The van der Waals surface area contributed by atoms with Crippen LogP contribution in [0.15, 0.2) is 79.0 Å². The van der Waals surface area contributed by atoms with E-state index in [1.54, 1.807) is 42.6 Å². The molecule has 8 heteroatoms. The molecule has 6 rings (SSSR count). The van der Waals surface area contributed by atoms with Crippen molar-refractivity contribution >= 4 is 34.4 Å². The third kappa shape index (κ3) is 3.37. The SMILES string of the molecule is Cc1cccc(N2C(=O)[C@@H]3[C@@H](c4ccccc4O)N[C@](Cc4c[nH]c5ccccc45)(C(=O)O)[C@H]3C2=O)c1. The number of nitrogens with one attached hydrogen (secondary N) is 2. The van der Waals surface area contributed by atoms with Gasteiger partial charge in [0.2, 0.25) is 11.8 Å². The largest absolute Gasteiger partial charge is 0.508 e. The molecular weight excluding hydrogens is 470 g/mol. The van der Waals surface area contributed by atoms with E-state index < -0.39 is 41.2 Å². The third-order valence-corrected chi connectivity index (χ3v) is 7.71. The van der Waals surface area contributed by atoms with E-state index in [0.29, 0.717) is 11.3 Å². The van der Waals surface area contributed by atoms with Crippen LogP contribution in [-0.2, 0) is 20.8 Å². The van der Waals surface area contributed by atoms with Crippen molar-refractivity contribution in [2.24, 2.45) is 11.8 Å². The van der Waals surface area contributed by atoms with E-state index in [-0.39, 0.29) is 12.2 Å². The van der Waals surface area contributed by atoms with Gasteiger partial charge in [-0.15, -0.1) is 0 Å². The molecule has 2 saturated heterocycles. The molecule has 0 spiro atoms. The summed E-state index contributed by atoms with van der Waals surface area (Å²) in [5.41, 5.74) is 1.44.